The van der Waals surface area contributed by atoms with Crippen molar-refractivity contribution in [1.82, 2.24) is 9.88 Å². The molecule has 4 heteroatoms. The van der Waals surface area contributed by atoms with Crippen LogP contribution in [0.1, 0.15) is 24.5 Å². The van der Waals surface area contributed by atoms with Crippen LogP contribution in [0.4, 0.5) is 5.82 Å². The molecule has 0 bridgehead atoms. The summed E-state index contributed by atoms with van der Waals surface area (Å²) in [6, 6.07) is 14.6. The molecule has 28 heavy (non-hydrogen) atoms. The van der Waals surface area contributed by atoms with Crippen LogP contribution in [0.5, 0.6) is 0 Å². The molecule has 0 radical (unpaired) electrons. The second-order valence-electron chi connectivity index (χ2n) is 6.19. The summed E-state index contributed by atoms with van der Waals surface area (Å²) in [6.45, 7) is 5.97. The first-order valence-corrected chi connectivity index (χ1v) is 9.07. The third-order valence-corrected chi connectivity index (χ3v) is 4.18. The zero-order valence-electron chi connectivity index (χ0n) is 16.7. The van der Waals surface area contributed by atoms with Gasteiger partial charge in [-0.25, -0.2) is 4.98 Å². The number of terminal acetylenes is 1. The zero-order valence-corrected chi connectivity index (χ0v) is 16.7. The number of hydrogen-bond acceptors (Lipinski definition) is 4. The number of pyridine rings is 1. The fourth-order valence-corrected chi connectivity index (χ4v) is 2.82. The highest BCUT2D eigenvalue weighted by molar-refractivity contribution is 6.11. The summed E-state index contributed by atoms with van der Waals surface area (Å²) in [5, 5.41) is 0. The summed E-state index contributed by atoms with van der Waals surface area (Å²) in [4.78, 5) is 10.4. The molecular weight excluding hydrogens is 344 g/mol. The average Bonchev–Trinajstić information content (AvgIpc) is 2.71. The van der Waals surface area contributed by atoms with Crippen molar-refractivity contribution in [2.45, 2.75) is 13.3 Å². The van der Waals surface area contributed by atoms with E-state index in [9.17, 15) is 0 Å². The predicted octanol–water partition coefficient (Wildman–Crippen LogP) is 4.87. The maximum absolute atomic E-state index is 6.26. The van der Waals surface area contributed by atoms with E-state index < -0.39 is 0 Å². The quantitative estimate of drug-likeness (QED) is 0.327. The molecule has 0 saturated carbocycles. The summed E-state index contributed by atoms with van der Waals surface area (Å²) in [5.74, 6) is 0.481. The van der Waals surface area contributed by atoms with E-state index in [2.05, 4.69) is 41.7 Å². The molecule has 2 rings (SSSR count). The van der Waals surface area contributed by atoms with Crippen molar-refractivity contribution in [1.29, 1.82) is 0 Å². The van der Waals surface area contributed by atoms with Crippen LogP contribution in [0.15, 0.2) is 66.3 Å². The number of nitrogen functional groups attached to an aromatic ring is 1. The predicted molar refractivity (Wildman–Crippen MR) is 122 cm³/mol. The van der Waals surface area contributed by atoms with Crippen molar-refractivity contribution in [2.75, 3.05) is 19.8 Å². The summed E-state index contributed by atoms with van der Waals surface area (Å²) in [6.07, 6.45) is 13.9. The van der Waals surface area contributed by atoms with Crippen LogP contribution < -0.4 is 5.73 Å². The molecule has 2 N–H and O–H groups in total. The van der Waals surface area contributed by atoms with Crippen molar-refractivity contribution in [2.24, 2.45) is 4.99 Å². The smallest absolute Gasteiger partial charge is 0.132 e. The lowest BCUT2D eigenvalue weighted by atomic mass is 10.0. The van der Waals surface area contributed by atoms with Crippen LogP contribution in [-0.2, 0) is 0 Å². The molecule has 0 amide bonds. The molecule has 1 heterocycles. The topological polar surface area (TPSA) is 54.5 Å². The highest BCUT2D eigenvalue weighted by Gasteiger charge is 2.09. The lowest BCUT2D eigenvalue weighted by Crippen LogP contribution is -2.02. The van der Waals surface area contributed by atoms with E-state index in [1.165, 1.54) is 0 Å². The minimum Gasteiger partial charge on any atom is -0.383 e. The second-order valence-corrected chi connectivity index (χ2v) is 6.19. The molecule has 0 aliphatic carbocycles. The highest BCUT2D eigenvalue weighted by atomic mass is 15.0. The molecule has 4 nitrogen and oxygen atoms in total. The molecule has 0 unspecified atom stereocenters. The molecule has 0 atom stereocenters. The van der Waals surface area contributed by atoms with E-state index in [1.54, 1.807) is 24.2 Å². The van der Waals surface area contributed by atoms with E-state index >= 15 is 0 Å². The maximum Gasteiger partial charge on any atom is 0.132 e. The van der Waals surface area contributed by atoms with E-state index in [-0.39, 0.29) is 0 Å². The van der Waals surface area contributed by atoms with Crippen LogP contribution in [0.2, 0.25) is 0 Å². The van der Waals surface area contributed by atoms with Gasteiger partial charge in [-0.15, -0.1) is 0 Å². The number of anilines is 1. The monoisotopic (exact) mass is 370 g/mol. The number of allylic oxidation sites excluding steroid dienone is 4. The average molecular weight is 371 g/mol. The summed E-state index contributed by atoms with van der Waals surface area (Å²) < 4.78 is 0. The minimum atomic E-state index is 0.481. The number of nitrogens with two attached hydrogens (primary N) is 1. The molecule has 0 aliphatic rings. The van der Waals surface area contributed by atoms with Gasteiger partial charge < -0.3 is 10.6 Å². The van der Waals surface area contributed by atoms with Crippen molar-refractivity contribution in [3.05, 3.63) is 72.5 Å². The summed E-state index contributed by atoms with van der Waals surface area (Å²) in [7, 11) is 3.56. The second kappa shape index (κ2) is 9.94. The number of benzene rings is 1. The number of nitrogens with zero attached hydrogens (tertiary/aromatic N) is 3. The number of aromatic nitrogens is 1. The third kappa shape index (κ3) is 4.99. The number of rotatable bonds is 7. The Morgan fingerprint density at radius 2 is 2.11 bits per heavy atom. The summed E-state index contributed by atoms with van der Waals surface area (Å²) in [5.41, 5.74) is 11.8. The first-order chi connectivity index (χ1) is 13.5. The first-order valence-electron chi connectivity index (χ1n) is 9.07. The van der Waals surface area contributed by atoms with Crippen molar-refractivity contribution in [3.8, 4) is 23.7 Å². The molecule has 142 valence electrons. The molecule has 0 spiro atoms. The van der Waals surface area contributed by atoms with Gasteiger partial charge in [0.2, 0.25) is 0 Å². The Balaban J connectivity index is 2.46. The van der Waals surface area contributed by atoms with Gasteiger partial charge in [0, 0.05) is 43.7 Å². The Kier molecular flexibility index (Phi) is 7.36. The number of hydrogen-bond donors (Lipinski definition) is 1. The van der Waals surface area contributed by atoms with Gasteiger partial charge in [-0.2, -0.15) is 0 Å². The van der Waals surface area contributed by atoms with Gasteiger partial charge in [-0.3, -0.25) is 4.99 Å². The minimum absolute atomic E-state index is 0.481. The molecule has 2 aromatic rings. The Morgan fingerprint density at radius 1 is 1.32 bits per heavy atom. The van der Waals surface area contributed by atoms with Gasteiger partial charge in [0.05, 0.1) is 5.69 Å². The summed E-state index contributed by atoms with van der Waals surface area (Å²) >= 11 is 0. The SMILES string of the molecule is C#CN(C)/C=C(\C=C)c1cccc(-c2ccc(C(/C=N\C)=C/CC)c(N)n2)c1. The third-order valence-electron chi connectivity index (χ3n) is 4.18. The van der Waals surface area contributed by atoms with Gasteiger partial charge in [-0.05, 0) is 41.3 Å². The van der Waals surface area contributed by atoms with Gasteiger partial charge in [0.1, 0.15) is 5.82 Å². The Labute approximate surface area is 167 Å². The highest BCUT2D eigenvalue weighted by Crippen LogP contribution is 2.27. The molecule has 0 saturated heterocycles. The largest absolute Gasteiger partial charge is 0.383 e. The van der Waals surface area contributed by atoms with Crippen molar-refractivity contribution in [3.63, 3.8) is 0 Å². The standard InChI is InChI=1S/C24H26N4/c1-6-10-21(16-26-4)22-13-14-23(27-24(22)25)20-12-9-11-19(15-20)18(7-2)17-28(5)8-3/h3,7,9-17H,2,6H2,1,4-5H3,(H2,25,27)/b18-17+,21-10+,26-16-. The lowest BCUT2D eigenvalue weighted by Gasteiger charge is -2.11. The number of aliphatic imine (C=N–C) groups is 1. The fourth-order valence-electron chi connectivity index (χ4n) is 2.82. The van der Waals surface area contributed by atoms with Crippen LogP contribution in [0.25, 0.3) is 22.4 Å². The lowest BCUT2D eigenvalue weighted by molar-refractivity contribution is 0.666. The zero-order chi connectivity index (χ0) is 20.5. The van der Waals surface area contributed by atoms with Crippen LogP contribution in [0.3, 0.4) is 0 Å². The van der Waals surface area contributed by atoms with E-state index in [0.717, 1.165) is 40.0 Å². The normalized spacial score (nSPS) is 12.1. The van der Waals surface area contributed by atoms with Crippen LogP contribution in [0, 0.1) is 12.5 Å². The van der Waals surface area contributed by atoms with Crippen molar-refractivity contribution >= 4 is 23.2 Å². The van der Waals surface area contributed by atoms with Crippen molar-refractivity contribution < 1.29 is 0 Å². The van der Waals surface area contributed by atoms with Gasteiger partial charge in [0.15, 0.2) is 0 Å². The van der Waals surface area contributed by atoms with Gasteiger partial charge >= 0.3 is 0 Å². The molecular formula is C24H26N4. The van der Waals surface area contributed by atoms with E-state index in [0.29, 0.717) is 5.82 Å². The first kappa shape index (κ1) is 20.7. The molecule has 0 aliphatic heterocycles. The van der Waals surface area contributed by atoms with E-state index in [4.69, 9.17) is 12.2 Å². The fraction of sp³-hybridized carbons (Fsp3) is 0.167. The van der Waals surface area contributed by atoms with Crippen LogP contribution >= 0.6 is 0 Å². The maximum atomic E-state index is 6.26. The van der Waals surface area contributed by atoms with Gasteiger partial charge in [-0.1, -0.05) is 50.3 Å². The Bertz CT molecular complexity index is 974. The van der Waals surface area contributed by atoms with Crippen LogP contribution in [-0.4, -0.2) is 30.2 Å². The van der Waals surface area contributed by atoms with Gasteiger partial charge in [0.25, 0.3) is 0 Å². The molecule has 1 aromatic heterocycles. The Hall–Kier alpha value is -3.58. The Morgan fingerprint density at radius 3 is 2.71 bits per heavy atom. The molecule has 0 fully saturated rings. The molecule has 1 aromatic carbocycles. The van der Waals surface area contributed by atoms with E-state index in [1.807, 2.05) is 43.6 Å².